The highest BCUT2D eigenvalue weighted by molar-refractivity contribution is 6.73. The van der Waals surface area contributed by atoms with Crippen LogP contribution in [0, 0.1) is 0 Å². The molecule has 0 aliphatic carbocycles. The van der Waals surface area contributed by atoms with E-state index in [1.165, 1.54) is 0 Å². The molecule has 0 amide bonds. The quantitative estimate of drug-likeness (QED) is 0.330. The first-order valence-electron chi connectivity index (χ1n) is 3.31. The maximum Gasteiger partial charge on any atom is 0.265 e. The number of rotatable bonds is 4. The lowest BCUT2D eigenvalue weighted by Gasteiger charge is -2.15. The third-order valence-corrected chi connectivity index (χ3v) is 1.93. The molecule has 0 radical (unpaired) electrons. The van der Waals surface area contributed by atoms with Crippen LogP contribution in [0.4, 0.5) is 0 Å². The molecule has 0 rings (SSSR count). The second-order valence-corrected chi connectivity index (χ2v) is 7.55. The van der Waals surface area contributed by atoms with Crippen molar-refractivity contribution in [2.45, 2.75) is 26.0 Å². The minimum atomic E-state index is -1.24. The van der Waals surface area contributed by atoms with Gasteiger partial charge in [-0.05, 0) is 26.0 Å². The van der Waals surface area contributed by atoms with Gasteiger partial charge in [0.25, 0.3) is 7.48 Å². The maximum atomic E-state index is 5.54. The monoisotopic (exact) mass is 142 g/mol. The topological polar surface area (TPSA) is 9.23 Å². The molecule has 0 heterocycles. The molecule has 0 spiro atoms. The molecule has 3 heteroatoms. The normalized spacial score (nSPS) is 11.0. The van der Waals surface area contributed by atoms with E-state index in [9.17, 15) is 0 Å². The van der Waals surface area contributed by atoms with Gasteiger partial charge in [-0.25, -0.2) is 0 Å². The van der Waals surface area contributed by atoms with Crippen LogP contribution in [0.25, 0.3) is 0 Å². The van der Waals surface area contributed by atoms with Gasteiger partial charge < -0.3 is 4.34 Å². The molecule has 0 aromatic carbocycles. The zero-order valence-electron chi connectivity index (χ0n) is 6.61. The molecule has 0 fully saturated rings. The summed E-state index contributed by atoms with van der Waals surface area (Å²) in [6.07, 6.45) is 2.87. The summed E-state index contributed by atoms with van der Waals surface area (Å²) in [7, 11) is -0.396. The van der Waals surface area contributed by atoms with Crippen LogP contribution in [-0.2, 0) is 4.34 Å². The maximum absolute atomic E-state index is 5.54. The molecule has 0 aliphatic rings. The van der Waals surface area contributed by atoms with Crippen LogP contribution < -0.4 is 0 Å². The SMILES string of the molecule is C=CCBO[Si](C)(C)C. The van der Waals surface area contributed by atoms with Crippen LogP contribution in [0.15, 0.2) is 12.7 Å². The fourth-order valence-corrected chi connectivity index (χ4v) is 1.18. The molecular formula is C6H15BOSi. The van der Waals surface area contributed by atoms with Gasteiger partial charge >= 0.3 is 0 Å². The average Bonchev–Trinajstić information content (AvgIpc) is 1.63. The summed E-state index contributed by atoms with van der Waals surface area (Å²) in [5, 5.41) is 0. The Hall–Kier alpha value is -0.0182. The lowest BCUT2D eigenvalue weighted by Crippen LogP contribution is -2.26. The summed E-state index contributed by atoms with van der Waals surface area (Å²) < 4.78 is 5.54. The van der Waals surface area contributed by atoms with Crippen molar-refractivity contribution in [3.8, 4) is 0 Å². The van der Waals surface area contributed by atoms with Crippen molar-refractivity contribution in [2.24, 2.45) is 0 Å². The van der Waals surface area contributed by atoms with Crippen LogP contribution in [0.2, 0.25) is 26.0 Å². The molecule has 52 valence electrons. The van der Waals surface area contributed by atoms with E-state index >= 15 is 0 Å². The Kier molecular flexibility index (Phi) is 3.90. The zero-order valence-corrected chi connectivity index (χ0v) is 7.61. The van der Waals surface area contributed by atoms with Crippen LogP contribution in [0.3, 0.4) is 0 Å². The smallest absolute Gasteiger partial charge is 0.265 e. The van der Waals surface area contributed by atoms with Gasteiger partial charge in [0.2, 0.25) is 0 Å². The first kappa shape index (κ1) is 8.98. The third kappa shape index (κ3) is 7.98. The molecule has 0 saturated heterocycles. The van der Waals surface area contributed by atoms with E-state index in [4.69, 9.17) is 4.34 Å². The summed E-state index contributed by atoms with van der Waals surface area (Å²) in [5.41, 5.74) is 0. The molecule has 0 N–H and O–H groups in total. The van der Waals surface area contributed by atoms with Gasteiger partial charge in [0.15, 0.2) is 8.32 Å². The van der Waals surface area contributed by atoms with E-state index < -0.39 is 8.32 Å². The Morgan fingerprint density at radius 1 is 1.56 bits per heavy atom. The molecule has 0 aromatic rings. The second kappa shape index (κ2) is 3.90. The predicted octanol–water partition coefficient (Wildman–Crippen LogP) is 1.79. The molecule has 0 bridgehead atoms. The number of hydrogen-bond donors (Lipinski definition) is 0. The molecule has 0 saturated carbocycles. The van der Waals surface area contributed by atoms with Crippen LogP contribution >= 0.6 is 0 Å². The van der Waals surface area contributed by atoms with Crippen molar-refractivity contribution >= 4 is 15.8 Å². The Labute approximate surface area is 59.5 Å². The van der Waals surface area contributed by atoms with E-state index in [-0.39, 0.29) is 0 Å². The number of allylic oxidation sites excluding steroid dienone is 1. The molecule has 0 atom stereocenters. The van der Waals surface area contributed by atoms with Crippen molar-refractivity contribution in [1.29, 1.82) is 0 Å². The van der Waals surface area contributed by atoms with Gasteiger partial charge in [-0.3, -0.25) is 0 Å². The van der Waals surface area contributed by atoms with E-state index in [2.05, 4.69) is 26.2 Å². The first-order chi connectivity index (χ1) is 4.06. The largest absolute Gasteiger partial charge is 0.479 e. The van der Waals surface area contributed by atoms with E-state index in [1.54, 1.807) is 0 Å². The minimum Gasteiger partial charge on any atom is -0.479 e. The van der Waals surface area contributed by atoms with Gasteiger partial charge in [-0.1, -0.05) is 6.08 Å². The second-order valence-electron chi connectivity index (χ2n) is 3.04. The van der Waals surface area contributed by atoms with Crippen LogP contribution in [0.1, 0.15) is 0 Å². The van der Waals surface area contributed by atoms with Gasteiger partial charge in [0, 0.05) is 0 Å². The lowest BCUT2D eigenvalue weighted by molar-refractivity contribution is 0.599. The fourth-order valence-electron chi connectivity index (χ4n) is 0.448. The Morgan fingerprint density at radius 2 is 2.11 bits per heavy atom. The van der Waals surface area contributed by atoms with Crippen LogP contribution in [-0.4, -0.2) is 15.8 Å². The van der Waals surface area contributed by atoms with Gasteiger partial charge in [0.05, 0.1) is 0 Å². The molecule has 1 nitrogen and oxygen atoms in total. The Balaban J connectivity index is 3.17. The summed E-state index contributed by atoms with van der Waals surface area (Å²) >= 11 is 0. The Morgan fingerprint density at radius 3 is 2.44 bits per heavy atom. The molecule has 0 aliphatic heterocycles. The summed E-state index contributed by atoms with van der Waals surface area (Å²) in [6, 6.07) is 0. The highest BCUT2D eigenvalue weighted by Crippen LogP contribution is 2.01. The average molecular weight is 142 g/mol. The number of hydrogen-bond acceptors (Lipinski definition) is 1. The molecule has 9 heavy (non-hydrogen) atoms. The van der Waals surface area contributed by atoms with E-state index in [0.717, 1.165) is 13.8 Å². The Bertz CT molecular complexity index is 87.5. The summed E-state index contributed by atoms with van der Waals surface area (Å²) in [5.74, 6) is 0. The highest BCUT2D eigenvalue weighted by atomic mass is 28.4. The fraction of sp³-hybridized carbons (Fsp3) is 0.667. The molecular weight excluding hydrogens is 127 g/mol. The third-order valence-electron chi connectivity index (χ3n) is 0.857. The highest BCUT2D eigenvalue weighted by Gasteiger charge is 2.12. The van der Waals surface area contributed by atoms with E-state index in [0.29, 0.717) is 0 Å². The summed E-state index contributed by atoms with van der Waals surface area (Å²) in [4.78, 5) is 0. The van der Waals surface area contributed by atoms with Gasteiger partial charge in [-0.2, -0.15) is 0 Å². The van der Waals surface area contributed by atoms with Crippen molar-refractivity contribution in [1.82, 2.24) is 0 Å². The van der Waals surface area contributed by atoms with Crippen molar-refractivity contribution < 1.29 is 4.34 Å². The van der Waals surface area contributed by atoms with Crippen molar-refractivity contribution in [3.63, 3.8) is 0 Å². The van der Waals surface area contributed by atoms with E-state index in [1.807, 2.05) is 6.08 Å². The van der Waals surface area contributed by atoms with Crippen molar-refractivity contribution in [2.75, 3.05) is 0 Å². The van der Waals surface area contributed by atoms with Crippen molar-refractivity contribution in [3.05, 3.63) is 12.7 Å². The minimum absolute atomic E-state index is 0.846. The van der Waals surface area contributed by atoms with Gasteiger partial charge in [0.1, 0.15) is 0 Å². The predicted molar refractivity (Wildman–Crippen MR) is 46.6 cm³/mol. The zero-order chi connectivity index (χ0) is 7.33. The standard InChI is InChI=1S/C6H15BOSi/c1-5-6-7-8-9(2,3)4/h5,7H,1,6H2,2-4H3. The summed E-state index contributed by atoms with van der Waals surface area (Å²) in [6.45, 7) is 10.2. The molecule has 0 aromatic heterocycles. The van der Waals surface area contributed by atoms with Gasteiger partial charge in [-0.15, -0.1) is 6.58 Å². The first-order valence-corrected chi connectivity index (χ1v) is 6.72. The lowest BCUT2D eigenvalue weighted by atomic mass is 9.97. The van der Waals surface area contributed by atoms with Crippen LogP contribution in [0.5, 0.6) is 0 Å². The molecule has 0 unspecified atom stereocenters.